The van der Waals surface area contributed by atoms with Gasteiger partial charge in [0.15, 0.2) is 0 Å². The summed E-state index contributed by atoms with van der Waals surface area (Å²) < 4.78 is 52.3. The van der Waals surface area contributed by atoms with E-state index in [1.165, 1.54) is 0 Å². The minimum absolute atomic E-state index is 0.148. The van der Waals surface area contributed by atoms with Gasteiger partial charge in [-0.2, -0.15) is 13.2 Å². The van der Waals surface area contributed by atoms with Crippen LogP contribution in [0, 0.1) is 11.7 Å². The molecule has 126 valence electrons. The van der Waals surface area contributed by atoms with E-state index in [4.69, 9.17) is 5.11 Å². The molecular weight excluding hydrogens is 318 g/mol. The molecule has 1 N–H and O–H groups in total. The Morgan fingerprint density at radius 3 is 2.48 bits per heavy atom. The van der Waals surface area contributed by atoms with Crippen molar-refractivity contribution in [2.45, 2.75) is 32.0 Å². The lowest BCUT2D eigenvalue weighted by Gasteiger charge is -2.36. The van der Waals surface area contributed by atoms with Crippen LogP contribution in [-0.2, 0) is 11.0 Å². The Morgan fingerprint density at radius 1 is 1.26 bits per heavy atom. The molecule has 0 aliphatic carbocycles. The first kappa shape index (κ1) is 17.2. The maximum atomic E-state index is 14.1. The van der Waals surface area contributed by atoms with Gasteiger partial charge < -0.3 is 10.0 Å². The maximum Gasteiger partial charge on any atom is 0.419 e. The molecule has 1 heterocycles. The highest BCUT2D eigenvalue weighted by atomic mass is 19.4. The molecule has 0 saturated carbocycles. The lowest BCUT2D eigenvalue weighted by atomic mass is 9.92. The molecule has 8 heteroatoms. The van der Waals surface area contributed by atoms with Crippen molar-refractivity contribution in [1.29, 1.82) is 0 Å². The van der Waals surface area contributed by atoms with Crippen LogP contribution in [0.15, 0.2) is 18.2 Å². The van der Waals surface area contributed by atoms with Gasteiger partial charge in [-0.1, -0.05) is 6.07 Å². The van der Waals surface area contributed by atoms with Gasteiger partial charge in [-0.25, -0.2) is 4.39 Å². The molecule has 1 aromatic carbocycles. The second-order valence-corrected chi connectivity index (χ2v) is 5.58. The molecule has 4 nitrogen and oxygen atoms in total. The number of carbonyl (C=O) groups excluding carboxylic acids is 1. The number of piperidine rings is 1. The average molecular weight is 333 g/mol. The molecule has 1 aliphatic heterocycles. The summed E-state index contributed by atoms with van der Waals surface area (Å²) in [5.74, 6) is -4.44. The Labute approximate surface area is 129 Å². The summed E-state index contributed by atoms with van der Waals surface area (Å²) in [6.45, 7) is 1.51. The van der Waals surface area contributed by atoms with E-state index in [1.807, 2.05) is 0 Å². The molecule has 1 amide bonds. The van der Waals surface area contributed by atoms with Crippen LogP contribution in [-0.4, -0.2) is 34.5 Å². The Morgan fingerprint density at radius 2 is 1.91 bits per heavy atom. The third-order valence-corrected chi connectivity index (χ3v) is 4.03. The molecular formula is C15H15F4NO3. The van der Waals surface area contributed by atoms with Crippen LogP contribution in [0.4, 0.5) is 17.6 Å². The van der Waals surface area contributed by atoms with Gasteiger partial charge in [0.2, 0.25) is 0 Å². The summed E-state index contributed by atoms with van der Waals surface area (Å²) in [5, 5.41) is 9.04. The number of alkyl halides is 3. The lowest BCUT2D eigenvalue weighted by molar-refractivity contribution is -0.143. The van der Waals surface area contributed by atoms with Gasteiger partial charge >= 0.3 is 12.1 Å². The number of halogens is 4. The summed E-state index contributed by atoms with van der Waals surface area (Å²) in [4.78, 5) is 24.6. The number of amides is 1. The SMILES string of the molecule is CC1CCC(C(=O)O)CN1C(=O)c1cccc(C(F)(F)F)c1F. The van der Waals surface area contributed by atoms with Crippen molar-refractivity contribution in [3.8, 4) is 0 Å². The quantitative estimate of drug-likeness (QED) is 0.846. The van der Waals surface area contributed by atoms with Crippen LogP contribution in [0.25, 0.3) is 0 Å². The van der Waals surface area contributed by atoms with Crippen LogP contribution in [0.5, 0.6) is 0 Å². The molecule has 1 fully saturated rings. The highest BCUT2D eigenvalue weighted by molar-refractivity contribution is 5.95. The van der Waals surface area contributed by atoms with E-state index in [-0.39, 0.29) is 12.6 Å². The molecule has 2 unspecified atom stereocenters. The van der Waals surface area contributed by atoms with Crippen molar-refractivity contribution in [2.24, 2.45) is 5.92 Å². The van der Waals surface area contributed by atoms with Crippen LogP contribution < -0.4 is 0 Å². The molecule has 0 aromatic heterocycles. The van der Waals surface area contributed by atoms with Crippen LogP contribution >= 0.6 is 0 Å². The molecule has 2 atom stereocenters. The standard InChI is InChI=1S/C15H15F4NO3/c1-8-5-6-9(14(22)23)7-20(8)13(21)10-3-2-4-11(12(10)16)15(17,18)19/h2-4,8-9H,5-7H2,1H3,(H,22,23). The van der Waals surface area contributed by atoms with E-state index in [9.17, 15) is 27.2 Å². The fourth-order valence-electron chi connectivity index (χ4n) is 2.66. The molecule has 23 heavy (non-hydrogen) atoms. The molecule has 0 bridgehead atoms. The zero-order chi connectivity index (χ0) is 17.4. The second kappa shape index (κ2) is 6.17. The fourth-order valence-corrected chi connectivity index (χ4v) is 2.66. The van der Waals surface area contributed by atoms with Crippen molar-refractivity contribution in [3.05, 3.63) is 35.1 Å². The van der Waals surface area contributed by atoms with E-state index in [1.54, 1.807) is 6.92 Å². The number of hydrogen-bond donors (Lipinski definition) is 1. The zero-order valence-corrected chi connectivity index (χ0v) is 12.2. The van der Waals surface area contributed by atoms with E-state index in [0.29, 0.717) is 18.9 Å². The highest BCUT2D eigenvalue weighted by Gasteiger charge is 2.38. The Bertz CT molecular complexity index is 630. The van der Waals surface area contributed by atoms with Crippen molar-refractivity contribution in [2.75, 3.05) is 6.54 Å². The van der Waals surface area contributed by atoms with Crippen LogP contribution in [0.3, 0.4) is 0 Å². The van der Waals surface area contributed by atoms with E-state index in [0.717, 1.165) is 17.0 Å². The number of aliphatic carboxylic acids is 1. The van der Waals surface area contributed by atoms with Gasteiger partial charge in [-0.05, 0) is 31.9 Å². The lowest BCUT2D eigenvalue weighted by Crippen LogP contribution is -2.47. The van der Waals surface area contributed by atoms with E-state index >= 15 is 0 Å². The molecule has 1 saturated heterocycles. The molecule has 2 rings (SSSR count). The number of benzene rings is 1. The number of nitrogens with zero attached hydrogens (tertiary/aromatic N) is 1. The number of carboxylic acids is 1. The maximum absolute atomic E-state index is 14.1. The minimum atomic E-state index is -4.91. The van der Waals surface area contributed by atoms with Gasteiger partial charge in [-0.15, -0.1) is 0 Å². The van der Waals surface area contributed by atoms with Gasteiger partial charge in [0.1, 0.15) is 5.82 Å². The van der Waals surface area contributed by atoms with Gasteiger partial charge in [0.25, 0.3) is 5.91 Å². The average Bonchev–Trinajstić information content (AvgIpc) is 2.45. The third-order valence-electron chi connectivity index (χ3n) is 4.03. The predicted octanol–water partition coefficient (Wildman–Crippen LogP) is 3.17. The fraction of sp³-hybridized carbons (Fsp3) is 0.467. The number of rotatable bonds is 2. The Balaban J connectivity index is 2.34. The van der Waals surface area contributed by atoms with Crippen LogP contribution in [0.1, 0.15) is 35.7 Å². The third kappa shape index (κ3) is 3.46. The summed E-state index contributed by atoms with van der Waals surface area (Å²) in [7, 11) is 0. The molecule has 0 spiro atoms. The van der Waals surface area contributed by atoms with Crippen molar-refractivity contribution in [3.63, 3.8) is 0 Å². The largest absolute Gasteiger partial charge is 0.481 e. The van der Waals surface area contributed by atoms with Crippen molar-refractivity contribution in [1.82, 2.24) is 4.90 Å². The summed E-state index contributed by atoms with van der Waals surface area (Å²) >= 11 is 0. The topological polar surface area (TPSA) is 57.6 Å². The van der Waals surface area contributed by atoms with Gasteiger partial charge in [-0.3, -0.25) is 9.59 Å². The summed E-state index contributed by atoms with van der Waals surface area (Å²) in [6, 6.07) is 2.13. The first-order valence-corrected chi connectivity index (χ1v) is 7.02. The first-order chi connectivity index (χ1) is 10.6. The molecule has 0 radical (unpaired) electrons. The van der Waals surface area contributed by atoms with E-state index < -0.39 is 40.9 Å². The first-order valence-electron chi connectivity index (χ1n) is 7.02. The van der Waals surface area contributed by atoms with E-state index in [2.05, 4.69) is 0 Å². The van der Waals surface area contributed by atoms with Crippen molar-refractivity contribution < 1.29 is 32.3 Å². The number of hydrogen-bond acceptors (Lipinski definition) is 2. The smallest absolute Gasteiger partial charge is 0.419 e. The predicted molar refractivity (Wildman–Crippen MR) is 72.3 cm³/mol. The summed E-state index contributed by atoms with van der Waals surface area (Å²) in [6.07, 6.45) is -4.15. The molecule has 1 aliphatic rings. The number of carbonyl (C=O) groups is 2. The molecule has 1 aromatic rings. The number of carboxylic acid groups (broad SMARTS) is 1. The summed E-state index contributed by atoms with van der Waals surface area (Å²) in [5.41, 5.74) is -2.21. The number of likely N-dealkylation sites (tertiary alicyclic amines) is 1. The highest BCUT2D eigenvalue weighted by Crippen LogP contribution is 2.33. The van der Waals surface area contributed by atoms with Crippen LogP contribution in [0.2, 0.25) is 0 Å². The normalized spacial score (nSPS) is 22.0. The van der Waals surface area contributed by atoms with Gasteiger partial charge in [0, 0.05) is 12.6 Å². The Hall–Kier alpha value is -2.12. The monoisotopic (exact) mass is 333 g/mol. The second-order valence-electron chi connectivity index (χ2n) is 5.58. The van der Waals surface area contributed by atoms with Gasteiger partial charge in [0.05, 0.1) is 17.0 Å². The Kier molecular flexibility index (Phi) is 4.63. The van der Waals surface area contributed by atoms with Crippen molar-refractivity contribution >= 4 is 11.9 Å². The zero-order valence-electron chi connectivity index (χ0n) is 12.2. The minimum Gasteiger partial charge on any atom is -0.481 e.